The van der Waals surface area contributed by atoms with Gasteiger partial charge in [0.1, 0.15) is 0 Å². The van der Waals surface area contributed by atoms with Gasteiger partial charge in [0.05, 0.1) is 15.7 Å². The van der Waals surface area contributed by atoms with Gasteiger partial charge in [-0.1, -0.05) is 29.3 Å². The fourth-order valence-electron chi connectivity index (χ4n) is 2.42. The molecule has 0 saturated carbocycles. The van der Waals surface area contributed by atoms with Crippen molar-refractivity contribution in [3.05, 3.63) is 51.5 Å². The number of carbonyl (C=O) groups is 1. The molecule has 1 saturated heterocycles. The van der Waals surface area contributed by atoms with Gasteiger partial charge in [-0.15, -0.1) is 17.7 Å². The topological polar surface area (TPSA) is 130 Å². The summed E-state index contributed by atoms with van der Waals surface area (Å²) >= 11 is 17.2. The van der Waals surface area contributed by atoms with Crippen molar-refractivity contribution in [2.75, 3.05) is 29.9 Å². The van der Waals surface area contributed by atoms with Gasteiger partial charge in [-0.05, 0) is 17.2 Å². The summed E-state index contributed by atoms with van der Waals surface area (Å²) < 4.78 is 37.0. The Morgan fingerprint density at radius 3 is 2.32 bits per heavy atom. The first-order valence-electron chi connectivity index (χ1n) is 8.28. The first-order valence-corrected chi connectivity index (χ1v) is 12.3. The Kier molecular flexibility index (Phi) is 11.6. The van der Waals surface area contributed by atoms with Crippen LogP contribution in [0, 0.1) is 6.07 Å². The molecule has 0 bridgehead atoms. The molecule has 0 atom stereocenters. The van der Waals surface area contributed by atoms with Crippen molar-refractivity contribution in [2.45, 2.75) is 4.90 Å². The van der Waals surface area contributed by atoms with Gasteiger partial charge in [0.2, 0.25) is 10.0 Å². The number of halogens is 3. The van der Waals surface area contributed by atoms with Crippen LogP contribution in [0.2, 0.25) is 15.1 Å². The molecular weight excluding hydrogens is 520 g/mol. The van der Waals surface area contributed by atoms with Crippen LogP contribution in [-0.4, -0.2) is 52.7 Å². The number of urea groups is 1. The minimum atomic E-state index is -3.86. The number of hydrogen-bond acceptors (Lipinski definition) is 5. The van der Waals surface area contributed by atoms with E-state index in [-0.39, 0.29) is 57.6 Å². The number of nitrogens with two attached hydrogens (primary N) is 1. The van der Waals surface area contributed by atoms with Gasteiger partial charge in [0.15, 0.2) is 0 Å². The van der Waals surface area contributed by atoms with Crippen molar-refractivity contribution in [3.8, 4) is 5.75 Å². The second-order valence-electron chi connectivity index (χ2n) is 5.85. The summed E-state index contributed by atoms with van der Waals surface area (Å²) in [5.41, 5.74) is 5.31. The molecule has 2 aromatic rings. The molecule has 8 nitrogen and oxygen atoms in total. The molecule has 14 heteroatoms. The summed E-state index contributed by atoms with van der Waals surface area (Å²) in [6.45, 7) is 0.333. The normalized spacial score (nSPS) is 14.7. The van der Waals surface area contributed by atoms with Crippen LogP contribution in [0.3, 0.4) is 0 Å². The Morgan fingerprint density at radius 2 is 1.77 bits per heavy atom. The van der Waals surface area contributed by atoms with E-state index in [1.807, 2.05) is 0 Å². The summed E-state index contributed by atoms with van der Waals surface area (Å²) in [5.74, 6) is 0.108. The zero-order valence-electron chi connectivity index (χ0n) is 16.3. The van der Waals surface area contributed by atoms with Crippen LogP contribution in [0.5, 0.6) is 5.75 Å². The molecule has 2 amide bonds. The van der Waals surface area contributed by atoms with Gasteiger partial charge in [0, 0.05) is 46.0 Å². The maximum Gasteiger partial charge on any atom is 1.00 e. The molecule has 1 fully saturated rings. The van der Waals surface area contributed by atoms with E-state index >= 15 is 0 Å². The molecule has 1 heterocycles. The Morgan fingerprint density at radius 1 is 1.16 bits per heavy atom. The Labute approximate surface area is 219 Å². The molecular formula is C17H17Cl3N3NaO5S2. The fourth-order valence-corrected chi connectivity index (χ4v) is 6.03. The van der Waals surface area contributed by atoms with Gasteiger partial charge in [0.25, 0.3) is 0 Å². The van der Waals surface area contributed by atoms with Crippen LogP contribution in [-0.2, 0) is 20.8 Å². The third kappa shape index (κ3) is 7.76. The number of primary amides is 1. The largest absolute Gasteiger partial charge is 1.00 e. The number of rotatable bonds is 3. The second-order valence-corrected chi connectivity index (χ2v) is 10.6. The number of phenolic OH excluding ortho intramolecular Hbond substituents is 1. The number of nitrogens with one attached hydrogen (secondary N) is 1. The van der Waals surface area contributed by atoms with Crippen LogP contribution < -0.4 is 40.6 Å². The number of nitrogens with zero attached hydrogens (tertiary/aromatic N) is 1. The smallest absolute Gasteiger partial charge is 0.533 e. The predicted molar refractivity (Wildman–Crippen MR) is 118 cm³/mol. The van der Waals surface area contributed by atoms with Crippen LogP contribution in [0.15, 0.2) is 35.2 Å². The van der Waals surface area contributed by atoms with Gasteiger partial charge in [-0.25, -0.2) is 17.5 Å². The number of carbonyl (C=O) groups excluding carboxylic acids is 1. The van der Waals surface area contributed by atoms with Crippen molar-refractivity contribution in [1.29, 1.82) is 0 Å². The van der Waals surface area contributed by atoms with Crippen LogP contribution >= 0.6 is 34.8 Å². The van der Waals surface area contributed by atoms with Crippen molar-refractivity contribution in [1.82, 2.24) is 4.31 Å². The Hall–Kier alpha value is -0.560. The molecule has 31 heavy (non-hydrogen) atoms. The van der Waals surface area contributed by atoms with Gasteiger partial charge < -0.3 is 16.2 Å². The quantitative estimate of drug-likeness (QED) is 0.378. The summed E-state index contributed by atoms with van der Waals surface area (Å²) in [7, 11) is -4.83. The van der Waals surface area contributed by atoms with E-state index in [4.69, 9.17) is 40.5 Å². The molecule has 2 aromatic carbocycles. The monoisotopic (exact) mass is 535 g/mol. The van der Waals surface area contributed by atoms with Crippen molar-refractivity contribution in [2.24, 2.45) is 5.73 Å². The number of phenols is 1. The molecule has 3 rings (SSSR count). The maximum atomic E-state index is 12.3. The number of anilines is 1. The Bertz CT molecular complexity index is 1040. The average molecular weight is 537 g/mol. The van der Waals surface area contributed by atoms with Gasteiger partial charge in [-0.2, -0.15) is 12.1 Å². The summed E-state index contributed by atoms with van der Waals surface area (Å²) in [6.07, 6.45) is 0. The minimum Gasteiger partial charge on any atom is -0.533 e. The molecule has 4 N–H and O–H groups in total. The molecule has 0 aromatic heterocycles. The van der Waals surface area contributed by atoms with Crippen LogP contribution in [0.4, 0.5) is 10.5 Å². The van der Waals surface area contributed by atoms with E-state index in [9.17, 15) is 22.5 Å². The van der Waals surface area contributed by atoms with Gasteiger partial charge in [-0.3, -0.25) is 4.21 Å². The van der Waals surface area contributed by atoms with Crippen molar-refractivity contribution < 1.29 is 52.1 Å². The maximum absolute atomic E-state index is 12.3. The third-order valence-electron chi connectivity index (χ3n) is 3.83. The predicted octanol–water partition coefficient (Wildman–Crippen LogP) is 0.0868. The van der Waals surface area contributed by atoms with E-state index in [1.165, 1.54) is 16.4 Å². The van der Waals surface area contributed by atoms with E-state index < -0.39 is 32.6 Å². The third-order valence-corrected chi connectivity index (χ3v) is 8.32. The molecule has 0 spiro atoms. The average Bonchev–Trinajstić information content (AvgIpc) is 2.66. The molecule has 0 aliphatic carbocycles. The van der Waals surface area contributed by atoms with Crippen molar-refractivity contribution >= 4 is 67.3 Å². The number of benzene rings is 2. The number of aromatic hydroxyl groups is 1. The molecule has 0 radical (unpaired) electrons. The molecule has 1 aliphatic heterocycles. The number of hydrogen-bond donors (Lipinski definition) is 3. The summed E-state index contributed by atoms with van der Waals surface area (Å²) in [4.78, 5) is 10.1. The number of sulfonamides is 1. The molecule has 164 valence electrons. The first kappa shape index (κ1) is 28.5. The first-order chi connectivity index (χ1) is 14.0. The van der Waals surface area contributed by atoms with Crippen LogP contribution in [0.25, 0.3) is 0 Å². The fraction of sp³-hybridized carbons (Fsp3) is 0.235. The minimum absolute atomic E-state index is 0. The zero-order chi connectivity index (χ0) is 22.5. The van der Waals surface area contributed by atoms with Crippen molar-refractivity contribution in [3.63, 3.8) is 0 Å². The standard InChI is InChI=1S/C10H11ClNO4S2.C7H6Cl2N2O.Na/c11-8-2-1-3-9(13)10(8)18(15,16)12-4-6-17(14)7-5-12;8-4-2-1-3-5(6(4)9)11-7(10)12;/h1-2,13H,4-7H2;1-3H,(H3,10,11,12);/q-1;;+1. The summed E-state index contributed by atoms with van der Waals surface area (Å²) in [5, 5.41) is 12.6. The molecule has 0 unspecified atom stereocenters. The SMILES string of the molecule is NC(=O)Nc1cccc(Cl)c1Cl.O=S1CCN(S(=O)(=O)c2c(O)[c-]ccc2Cl)CC1.[Na+]. The Balaban J connectivity index is 0.000000324. The van der Waals surface area contributed by atoms with Crippen LogP contribution in [0.1, 0.15) is 0 Å². The number of amides is 2. The van der Waals surface area contributed by atoms with E-state index in [0.717, 1.165) is 0 Å². The van der Waals surface area contributed by atoms with E-state index in [2.05, 4.69) is 11.4 Å². The second kappa shape index (κ2) is 12.6. The van der Waals surface area contributed by atoms with E-state index in [0.29, 0.717) is 22.2 Å². The van der Waals surface area contributed by atoms with E-state index in [1.54, 1.807) is 18.2 Å². The van der Waals surface area contributed by atoms with Gasteiger partial charge >= 0.3 is 35.6 Å². The zero-order valence-corrected chi connectivity index (χ0v) is 22.2. The summed E-state index contributed by atoms with van der Waals surface area (Å²) in [6, 6.07) is 9.34. The molecule has 1 aliphatic rings.